The van der Waals surface area contributed by atoms with Crippen LogP contribution < -0.4 is 10.6 Å². The Morgan fingerprint density at radius 1 is 0.778 bits per heavy atom. The summed E-state index contributed by atoms with van der Waals surface area (Å²) in [6.07, 6.45) is 10.7. The van der Waals surface area contributed by atoms with Crippen molar-refractivity contribution < 1.29 is 59.0 Å². The van der Waals surface area contributed by atoms with Crippen molar-refractivity contribution in [3.8, 4) is 0 Å². The summed E-state index contributed by atoms with van der Waals surface area (Å²) in [7, 11) is -3.21. The van der Waals surface area contributed by atoms with Gasteiger partial charge in [-0.05, 0) is 71.4 Å². The summed E-state index contributed by atoms with van der Waals surface area (Å²) in [6, 6.07) is 0. The molecule has 45 heavy (non-hydrogen) atoms. The normalized spacial score (nSPS) is 40.6. The Morgan fingerprint density at radius 3 is 1.60 bits per heavy atom. The Kier molecular flexibility index (Phi) is 9.05. The van der Waals surface area contributed by atoms with Crippen molar-refractivity contribution >= 4 is 38.0 Å². The van der Waals surface area contributed by atoms with Crippen LogP contribution in [0.4, 0.5) is 0 Å². The fraction of sp³-hybridized carbons (Fsp3) is 0.724. The molecule has 246 valence electrons. The van der Waals surface area contributed by atoms with Crippen LogP contribution >= 0.6 is 0 Å². The Labute approximate surface area is 261 Å². The largest absolute Gasteiger partial charge is 0.453 e. The number of ether oxygens (including phenoxy) is 2. The second-order valence-electron chi connectivity index (χ2n) is 13.4. The molecule has 6 aliphatic rings. The number of rotatable bonds is 9. The third kappa shape index (κ3) is 5.04. The predicted molar refractivity (Wildman–Crippen MR) is 157 cm³/mol. The van der Waals surface area contributed by atoms with Crippen LogP contribution in [-0.4, -0.2) is 103 Å². The molecule has 0 aromatic rings. The highest BCUT2D eigenvalue weighted by Crippen LogP contribution is 2.55. The molecule has 0 radical (unpaired) electrons. The van der Waals surface area contributed by atoms with E-state index in [0.717, 1.165) is 38.5 Å². The van der Waals surface area contributed by atoms with Crippen LogP contribution in [0, 0.1) is 23.7 Å². The molecule has 10 atom stereocenters. The number of nitrogens with one attached hydrogen (secondary N) is 2. The van der Waals surface area contributed by atoms with Crippen LogP contribution in [0.2, 0.25) is 12.6 Å². The lowest BCUT2D eigenvalue weighted by Gasteiger charge is -2.54. The first kappa shape index (κ1) is 33.6. The molecule has 4 saturated heterocycles. The summed E-state index contributed by atoms with van der Waals surface area (Å²) in [5.74, 6) is -4.22. The minimum absolute atomic E-state index is 0.000728. The molecule has 0 saturated carbocycles. The van der Waals surface area contributed by atoms with Crippen LogP contribution in [0.3, 0.4) is 0 Å². The van der Waals surface area contributed by atoms with Gasteiger partial charge in [-0.15, -0.1) is 0 Å². The number of amides is 2. The molecule has 2 aliphatic carbocycles. The Balaban J connectivity index is 0.000000178. The van der Waals surface area contributed by atoms with Gasteiger partial charge in [0, 0.05) is 11.8 Å². The van der Waals surface area contributed by atoms with Crippen molar-refractivity contribution in [2.75, 3.05) is 0 Å². The highest BCUT2D eigenvalue weighted by atomic mass is 16.6. The van der Waals surface area contributed by atoms with Gasteiger partial charge in [0.1, 0.15) is 0 Å². The zero-order chi connectivity index (χ0) is 32.9. The number of aliphatic hydroxyl groups excluding tert-OH is 2. The Morgan fingerprint density at radius 2 is 1.22 bits per heavy atom. The SMILES string of the molecule is C[C@@]12OC(=O)[C@]1([C@@H](O)[C@@H]1C=CCCC1)NC(=O)[C@@H]2CB(O)O.C[C@@]12OC(=O)[C@]1([C@@H](O)[C@@H]1C=CCCC1)NC(=O)[C@@H]2CCB(O)O. The van der Waals surface area contributed by atoms with Gasteiger partial charge in [-0.25, -0.2) is 9.59 Å². The molecule has 4 aliphatic heterocycles. The van der Waals surface area contributed by atoms with E-state index in [1.807, 2.05) is 24.3 Å². The molecule has 4 fully saturated rings. The van der Waals surface area contributed by atoms with E-state index in [-0.39, 0.29) is 30.9 Å². The van der Waals surface area contributed by atoms with Gasteiger partial charge in [-0.1, -0.05) is 24.3 Å². The van der Waals surface area contributed by atoms with E-state index in [9.17, 15) is 39.4 Å². The van der Waals surface area contributed by atoms with Crippen molar-refractivity contribution in [2.45, 2.75) is 106 Å². The zero-order valence-corrected chi connectivity index (χ0v) is 25.4. The van der Waals surface area contributed by atoms with Crippen LogP contribution in [-0.2, 0) is 28.7 Å². The number of aliphatic hydroxyl groups is 2. The highest BCUT2D eigenvalue weighted by molar-refractivity contribution is 6.42. The van der Waals surface area contributed by atoms with E-state index in [0.29, 0.717) is 0 Å². The van der Waals surface area contributed by atoms with Gasteiger partial charge in [-0.2, -0.15) is 0 Å². The lowest BCUT2D eigenvalue weighted by molar-refractivity contribution is -0.238. The number of carbonyl (C=O) groups is 4. The first-order valence-corrected chi connectivity index (χ1v) is 15.7. The monoisotopic (exact) mass is 632 g/mol. The number of esters is 2. The maximum absolute atomic E-state index is 12.4. The lowest BCUT2D eigenvalue weighted by atomic mass is 9.61. The second kappa shape index (κ2) is 12.1. The maximum Gasteiger partial charge on any atom is 0.452 e. The Hall–Kier alpha value is -2.75. The smallest absolute Gasteiger partial charge is 0.452 e. The van der Waals surface area contributed by atoms with E-state index < -0.39 is 84.3 Å². The highest BCUT2D eigenvalue weighted by Gasteiger charge is 2.80. The zero-order valence-electron chi connectivity index (χ0n) is 25.4. The van der Waals surface area contributed by atoms with Crippen molar-refractivity contribution in [3.05, 3.63) is 24.3 Å². The number of allylic oxidation sites excluding steroid dienone is 2. The number of carbonyl (C=O) groups excluding carboxylic acids is 4. The molecular formula is C29H42B2N2O12. The fourth-order valence-electron chi connectivity index (χ4n) is 8.21. The second-order valence-corrected chi connectivity index (χ2v) is 13.4. The molecule has 2 amide bonds. The first-order valence-electron chi connectivity index (χ1n) is 15.7. The predicted octanol–water partition coefficient (Wildman–Crippen LogP) is -1.66. The summed E-state index contributed by atoms with van der Waals surface area (Å²) in [5.41, 5.74) is -5.38. The van der Waals surface area contributed by atoms with Gasteiger partial charge in [0.05, 0.1) is 24.0 Å². The van der Waals surface area contributed by atoms with Crippen molar-refractivity contribution in [1.29, 1.82) is 0 Å². The standard InChI is InChI=1S/C15H22BNO6.C14H20BNO6/c1-14-10(7-8-16(21)22)12(19)17-15(14,13(20)23-14)11(18)9-5-3-2-4-6-9;1-13-9(7-15(20)21)11(18)16-14(13,12(19)22-13)10(17)8-5-3-2-4-6-8/h3,5,9-11,18,21-22H,2,4,6-8H2,1H3,(H,17,19);3,5,8-10,17,20-21H,2,4,6-7H2,1H3,(H,16,18)/t9-,10+,11+,14+,15+;8-,9+,10+,13+,14+/m11/s1. The van der Waals surface area contributed by atoms with Gasteiger partial charge < -0.3 is 50.4 Å². The number of hydrogen-bond donors (Lipinski definition) is 8. The molecule has 6 rings (SSSR count). The number of fused-ring (bicyclic) bond motifs is 2. The molecule has 4 heterocycles. The molecular weight excluding hydrogens is 590 g/mol. The molecule has 8 N–H and O–H groups in total. The van der Waals surface area contributed by atoms with Gasteiger partial charge in [0.25, 0.3) is 0 Å². The van der Waals surface area contributed by atoms with E-state index >= 15 is 0 Å². The quantitative estimate of drug-likeness (QED) is 0.0812. The van der Waals surface area contributed by atoms with Crippen molar-refractivity contribution in [2.24, 2.45) is 23.7 Å². The van der Waals surface area contributed by atoms with Crippen LogP contribution in [0.15, 0.2) is 24.3 Å². The summed E-state index contributed by atoms with van der Waals surface area (Å²) in [6.45, 7) is 3.20. The van der Waals surface area contributed by atoms with Crippen LogP contribution in [0.5, 0.6) is 0 Å². The molecule has 0 aromatic carbocycles. The molecule has 16 heteroatoms. The van der Waals surface area contributed by atoms with Gasteiger partial charge in [-0.3, -0.25) is 9.59 Å². The van der Waals surface area contributed by atoms with Crippen LogP contribution in [0.1, 0.15) is 58.8 Å². The molecule has 0 spiro atoms. The fourth-order valence-corrected chi connectivity index (χ4v) is 8.21. The minimum Gasteiger partial charge on any atom is -0.453 e. The summed E-state index contributed by atoms with van der Waals surface area (Å²) in [4.78, 5) is 49.0. The molecule has 0 unspecified atom stereocenters. The summed E-state index contributed by atoms with van der Waals surface area (Å²) in [5, 5.41) is 63.3. The van der Waals surface area contributed by atoms with Gasteiger partial charge in [0.2, 0.25) is 22.9 Å². The van der Waals surface area contributed by atoms with E-state index in [1.54, 1.807) is 13.8 Å². The average Bonchev–Trinajstić information content (AvgIpc) is 3.29. The first-order chi connectivity index (χ1) is 21.2. The third-order valence-electron chi connectivity index (χ3n) is 10.9. The van der Waals surface area contributed by atoms with E-state index in [2.05, 4.69) is 10.6 Å². The molecule has 0 aromatic heterocycles. The Bertz CT molecular complexity index is 1280. The van der Waals surface area contributed by atoms with E-state index in [4.69, 9.17) is 19.5 Å². The maximum atomic E-state index is 12.4. The number of hydrogen-bond acceptors (Lipinski definition) is 12. The van der Waals surface area contributed by atoms with Crippen molar-refractivity contribution in [1.82, 2.24) is 10.6 Å². The minimum atomic E-state index is -1.69. The summed E-state index contributed by atoms with van der Waals surface area (Å²) < 4.78 is 10.5. The summed E-state index contributed by atoms with van der Waals surface area (Å²) >= 11 is 0. The molecule has 0 bridgehead atoms. The lowest BCUT2D eigenvalue weighted by Crippen LogP contribution is -2.80. The van der Waals surface area contributed by atoms with E-state index in [1.165, 1.54) is 0 Å². The van der Waals surface area contributed by atoms with Crippen molar-refractivity contribution in [3.63, 3.8) is 0 Å². The topological polar surface area (TPSA) is 232 Å². The van der Waals surface area contributed by atoms with Crippen LogP contribution in [0.25, 0.3) is 0 Å². The average molecular weight is 632 g/mol. The molecule has 14 nitrogen and oxygen atoms in total. The third-order valence-corrected chi connectivity index (χ3v) is 10.9. The van der Waals surface area contributed by atoms with Gasteiger partial charge in [0.15, 0.2) is 11.2 Å². The van der Waals surface area contributed by atoms with Gasteiger partial charge >= 0.3 is 26.2 Å².